The Morgan fingerprint density at radius 2 is 1.95 bits per heavy atom. The number of alkyl halides is 3. The van der Waals surface area contributed by atoms with Gasteiger partial charge in [-0.3, -0.25) is 4.79 Å². The molecule has 1 aliphatic rings. The number of carbonyl (C=O) groups excluding carboxylic acids is 1. The van der Waals surface area contributed by atoms with Crippen molar-refractivity contribution in [1.29, 1.82) is 0 Å². The predicted octanol–water partition coefficient (Wildman–Crippen LogP) is 4.22. The Balaban J connectivity index is 1.82. The summed E-state index contributed by atoms with van der Waals surface area (Å²) in [5.74, 6) is -0.0793. The molecule has 0 atom stereocenters. The van der Waals surface area contributed by atoms with Crippen LogP contribution in [0.1, 0.15) is 37.7 Å². The van der Waals surface area contributed by atoms with Crippen molar-refractivity contribution in [3.05, 3.63) is 28.8 Å². The maximum absolute atomic E-state index is 12.7. The number of halogens is 4. The third-order valence-electron chi connectivity index (χ3n) is 3.67. The minimum Gasteiger partial charge on any atom is -0.385 e. The molecular formula is C15H18ClF3N2O. The first-order valence-electron chi connectivity index (χ1n) is 7.26. The number of carbonyl (C=O) groups is 1. The van der Waals surface area contributed by atoms with Crippen molar-refractivity contribution in [2.45, 2.75) is 44.3 Å². The quantitative estimate of drug-likeness (QED) is 0.846. The van der Waals surface area contributed by atoms with E-state index in [9.17, 15) is 18.0 Å². The van der Waals surface area contributed by atoms with Crippen molar-refractivity contribution in [3.8, 4) is 0 Å². The van der Waals surface area contributed by atoms with Gasteiger partial charge in [0.05, 0.1) is 10.6 Å². The third-order valence-corrected chi connectivity index (χ3v) is 4.00. The van der Waals surface area contributed by atoms with Crippen molar-refractivity contribution in [3.63, 3.8) is 0 Å². The van der Waals surface area contributed by atoms with E-state index in [-0.39, 0.29) is 29.9 Å². The number of anilines is 1. The Bertz CT molecular complexity index is 528. The Morgan fingerprint density at radius 3 is 2.59 bits per heavy atom. The van der Waals surface area contributed by atoms with Gasteiger partial charge in [0.2, 0.25) is 5.91 Å². The van der Waals surface area contributed by atoms with E-state index in [2.05, 4.69) is 10.6 Å². The molecule has 0 aliphatic heterocycles. The van der Waals surface area contributed by atoms with Gasteiger partial charge in [-0.15, -0.1) is 0 Å². The lowest BCUT2D eigenvalue weighted by Gasteiger charge is -2.14. The number of benzene rings is 1. The van der Waals surface area contributed by atoms with E-state index < -0.39 is 11.7 Å². The fourth-order valence-corrected chi connectivity index (χ4v) is 2.77. The second kappa shape index (κ2) is 7.22. The highest BCUT2D eigenvalue weighted by Crippen LogP contribution is 2.36. The van der Waals surface area contributed by atoms with Gasteiger partial charge in [-0.05, 0) is 31.0 Å². The molecular weight excluding hydrogens is 317 g/mol. The molecule has 1 aromatic rings. The summed E-state index contributed by atoms with van der Waals surface area (Å²) in [5.41, 5.74) is -0.583. The van der Waals surface area contributed by atoms with Gasteiger partial charge in [0, 0.05) is 24.7 Å². The van der Waals surface area contributed by atoms with E-state index in [0.717, 1.165) is 31.7 Å². The van der Waals surface area contributed by atoms with Crippen molar-refractivity contribution >= 4 is 23.2 Å². The van der Waals surface area contributed by atoms with Crippen molar-refractivity contribution in [2.24, 2.45) is 0 Å². The lowest BCUT2D eigenvalue weighted by atomic mass is 10.2. The largest absolute Gasteiger partial charge is 0.417 e. The number of nitrogens with one attached hydrogen (secondary N) is 2. The van der Waals surface area contributed by atoms with E-state index in [0.29, 0.717) is 5.69 Å². The highest BCUT2D eigenvalue weighted by Gasteiger charge is 2.33. The van der Waals surface area contributed by atoms with Crippen LogP contribution in [-0.4, -0.2) is 18.5 Å². The average molecular weight is 335 g/mol. The second-order valence-corrected chi connectivity index (χ2v) is 5.83. The van der Waals surface area contributed by atoms with E-state index in [1.807, 2.05) is 0 Å². The summed E-state index contributed by atoms with van der Waals surface area (Å²) in [6.07, 6.45) is 0.00801. The van der Waals surface area contributed by atoms with E-state index in [1.54, 1.807) is 0 Å². The molecule has 2 rings (SSSR count). The SMILES string of the molecule is O=C(CCNc1ccc(Cl)c(C(F)(F)F)c1)NC1CCCC1. The van der Waals surface area contributed by atoms with Crippen LogP contribution in [0.25, 0.3) is 0 Å². The molecule has 0 aromatic heterocycles. The lowest BCUT2D eigenvalue weighted by molar-refractivity contribution is -0.137. The maximum Gasteiger partial charge on any atom is 0.417 e. The van der Waals surface area contributed by atoms with Gasteiger partial charge in [0.15, 0.2) is 0 Å². The van der Waals surface area contributed by atoms with Crippen LogP contribution in [0.15, 0.2) is 18.2 Å². The molecule has 1 aromatic carbocycles. The van der Waals surface area contributed by atoms with E-state index in [4.69, 9.17) is 11.6 Å². The molecule has 0 unspecified atom stereocenters. The summed E-state index contributed by atoms with van der Waals surface area (Å²) in [6.45, 7) is 0.275. The average Bonchev–Trinajstić information content (AvgIpc) is 2.92. The summed E-state index contributed by atoms with van der Waals surface area (Å²) in [7, 11) is 0. The van der Waals surface area contributed by atoms with Crippen LogP contribution < -0.4 is 10.6 Å². The molecule has 22 heavy (non-hydrogen) atoms. The highest BCUT2D eigenvalue weighted by molar-refractivity contribution is 6.31. The normalized spacial score (nSPS) is 15.8. The van der Waals surface area contributed by atoms with Crippen molar-refractivity contribution in [1.82, 2.24) is 5.32 Å². The first kappa shape index (κ1) is 16.9. The third kappa shape index (κ3) is 4.80. The zero-order valence-electron chi connectivity index (χ0n) is 12.0. The lowest BCUT2D eigenvalue weighted by Crippen LogP contribution is -2.33. The van der Waals surface area contributed by atoms with Crippen LogP contribution in [0, 0.1) is 0 Å². The Labute approximate surface area is 132 Å². The van der Waals surface area contributed by atoms with Gasteiger partial charge in [-0.25, -0.2) is 0 Å². The van der Waals surface area contributed by atoms with Crippen LogP contribution in [0.5, 0.6) is 0 Å². The summed E-state index contributed by atoms with van der Waals surface area (Å²) >= 11 is 5.55. The highest BCUT2D eigenvalue weighted by atomic mass is 35.5. The van der Waals surface area contributed by atoms with E-state index >= 15 is 0 Å². The molecule has 0 bridgehead atoms. The number of amides is 1. The molecule has 7 heteroatoms. The van der Waals surface area contributed by atoms with Crippen LogP contribution in [0.2, 0.25) is 5.02 Å². The Hall–Kier alpha value is -1.43. The van der Waals surface area contributed by atoms with Gasteiger partial charge < -0.3 is 10.6 Å². The smallest absolute Gasteiger partial charge is 0.385 e. The van der Waals surface area contributed by atoms with Gasteiger partial charge in [0.25, 0.3) is 0 Å². The van der Waals surface area contributed by atoms with Crippen LogP contribution in [0.3, 0.4) is 0 Å². The summed E-state index contributed by atoms with van der Waals surface area (Å²) in [4.78, 5) is 11.7. The van der Waals surface area contributed by atoms with Crippen LogP contribution in [-0.2, 0) is 11.0 Å². The predicted molar refractivity (Wildman–Crippen MR) is 80.0 cm³/mol. The molecule has 0 heterocycles. The molecule has 1 aliphatic carbocycles. The summed E-state index contributed by atoms with van der Waals surface area (Å²) < 4.78 is 38.2. The molecule has 1 amide bonds. The molecule has 0 radical (unpaired) electrons. The van der Waals surface area contributed by atoms with Gasteiger partial charge in [0.1, 0.15) is 0 Å². The molecule has 122 valence electrons. The first-order chi connectivity index (χ1) is 10.4. The first-order valence-corrected chi connectivity index (χ1v) is 7.64. The maximum atomic E-state index is 12.7. The van der Waals surface area contributed by atoms with Gasteiger partial charge in [-0.1, -0.05) is 24.4 Å². The monoisotopic (exact) mass is 334 g/mol. The Morgan fingerprint density at radius 1 is 1.27 bits per heavy atom. The van der Waals surface area contributed by atoms with Crippen molar-refractivity contribution < 1.29 is 18.0 Å². The molecule has 3 nitrogen and oxygen atoms in total. The molecule has 1 saturated carbocycles. The van der Waals surface area contributed by atoms with Crippen LogP contribution in [0.4, 0.5) is 18.9 Å². The topological polar surface area (TPSA) is 41.1 Å². The fraction of sp³-hybridized carbons (Fsp3) is 0.533. The fourth-order valence-electron chi connectivity index (χ4n) is 2.54. The van der Waals surface area contributed by atoms with Crippen molar-refractivity contribution in [2.75, 3.05) is 11.9 Å². The van der Waals surface area contributed by atoms with Crippen LogP contribution >= 0.6 is 11.6 Å². The molecule has 0 saturated heterocycles. The van der Waals surface area contributed by atoms with Gasteiger partial charge in [-0.2, -0.15) is 13.2 Å². The zero-order valence-corrected chi connectivity index (χ0v) is 12.7. The zero-order chi connectivity index (χ0) is 16.2. The molecule has 0 spiro atoms. The Kier molecular flexibility index (Phi) is 5.56. The molecule has 1 fully saturated rings. The standard InChI is InChI=1S/C15H18ClF3N2O/c16-13-6-5-11(9-12(13)15(17,18)19)20-8-7-14(22)21-10-3-1-2-4-10/h5-6,9-10,20H,1-4,7-8H2,(H,21,22). The minimum absolute atomic E-state index is 0.0793. The van der Waals surface area contributed by atoms with E-state index in [1.165, 1.54) is 12.1 Å². The molecule has 2 N–H and O–H groups in total. The minimum atomic E-state index is -4.49. The summed E-state index contributed by atoms with van der Waals surface area (Å²) in [5, 5.41) is 5.41. The number of rotatable bonds is 5. The second-order valence-electron chi connectivity index (χ2n) is 5.42. The van der Waals surface area contributed by atoms with Gasteiger partial charge >= 0.3 is 6.18 Å². The number of hydrogen-bond acceptors (Lipinski definition) is 2. The summed E-state index contributed by atoms with van der Waals surface area (Å²) in [6, 6.07) is 3.87. The number of hydrogen-bond donors (Lipinski definition) is 2.